The molecule has 2 aromatic carbocycles. The monoisotopic (exact) mass is 303 g/mol. The standard InChI is InChI=1S/C16H12F3N3/c17-12-6-5-11(14(18)15(12)19)16-21-7-8-22(16)9-10-3-1-2-4-13(10)20/h1-8H,9,20H2. The van der Waals surface area contributed by atoms with E-state index in [1.165, 1.54) is 12.3 Å². The number of para-hydroxylation sites is 1. The lowest BCUT2D eigenvalue weighted by Gasteiger charge is -2.11. The minimum absolute atomic E-state index is 0.0987. The summed E-state index contributed by atoms with van der Waals surface area (Å²) in [6, 6.07) is 9.28. The Hall–Kier alpha value is -2.76. The molecule has 22 heavy (non-hydrogen) atoms. The first-order valence-electron chi connectivity index (χ1n) is 6.56. The first kappa shape index (κ1) is 14.2. The maximum absolute atomic E-state index is 13.9. The van der Waals surface area contributed by atoms with Crippen LogP contribution in [0.2, 0.25) is 0 Å². The van der Waals surface area contributed by atoms with Crippen LogP contribution in [0.1, 0.15) is 5.56 Å². The summed E-state index contributed by atoms with van der Waals surface area (Å²) in [4.78, 5) is 4.04. The van der Waals surface area contributed by atoms with Gasteiger partial charge in [-0.25, -0.2) is 18.2 Å². The number of aromatic nitrogens is 2. The fraction of sp³-hybridized carbons (Fsp3) is 0.0625. The molecule has 0 aliphatic heterocycles. The molecule has 0 spiro atoms. The van der Waals surface area contributed by atoms with Gasteiger partial charge in [0.1, 0.15) is 5.82 Å². The third-order valence-corrected chi connectivity index (χ3v) is 3.39. The van der Waals surface area contributed by atoms with E-state index < -0.39 is 17.5 Å². The number of nitrogens with two attached hydrogens (primary N) is 1. The molecule has 0 atom stereocenters. The van der Waals surface area contributed by atoms with Crippen molar-refractivity contribution >= 4 is 5.69 Å². The summed E-state index contributed by atoms with van der Waals surface area (Å²) >= 11 is 0. The number of imidazole rings is 1. The van der Waals surface area contributed by atoms with Crippen LogP contribution in [0.5, 0.6) is 0 Å². The predicted octanol–water partition coefficient (Wildman–Crippen LogP) is 3.60. The van der Waals surface area contributed by atoms with E-state index in [1.807, 2.05) is 18.2 Å². The lowest BCUT2D eigenvalue weighted by molar-refractivity contribution is 0.448. The first-order valence-corrected chi connectivity index (χ1v) is 6.56. The van der Waals surface area contributed by atoms with Crippen LogP contribution in [0.3, 0.4) is 0 Å². The maximum atomic E-state index is 13.9. The molecule has 1 heterocycles. The van der Waals surface area contributed by atoms with E-state index in [4.69, 9.17) is 5.73 Å². The van der Waals surface area contributed by atoms with Gasteiger partial charge in [0, 0.05) is 18.1 Å². The molecule has 0 saturated carbocycles. The van der Waals surface area contributed by atoms with Gasteiger partial charge in [-0.05, 0) is 23.8 Å². The van der Waals surface area contributed by atoms with Crippen molar-refractivity contribution in [1.82, 2.24) is 9.55 Å². The molecule has 0 bridgehead atoms. The normalized spacial score (nSPS) is 10.9. The summed E-state index contributed by atoms with van der Waals surface area (Å²) in [7, 11) is 0. The number of hydrogen-bond donors (Lipinski definition) is 1. The highest BCUT2D eigenvalue weighted by atomic mass is 19.2. The van der Waals surface area contributed by atoms with Gasteiger partial charge in [0.25, 0.3) is 0 Å². The molecular weight excluding hydrogens is 291 g/mol. The molecule has 3 aromatic rings. The van der Waals surface area contributed by atoms with E-state index in [2.05, 4.69) is 4.98 Å². The molecular formula is C16H12F3N3. The quantitative estimate of drug-likeness (QED) is 0.593. The van der Waals surface area contributed by atoms with Crippen molar-refractivity contribution in [2.45, 2.75) is 6.54 Å². The molecule has 0 fully saturated rings. The Bertz CT molecular complexity index is 827. The predicted molar refractivity (Wildman–Crippen MR) is 77.5 cm³/mol. The molecule has 0 amide bonds. The molecule has 0 aliphatic rings. The summed E-state index contributed by atoms with van der Waals surface area (Å²) < 4.78 is 42.0. The smallest absolute Gasteiger partial charge is 0.195 e. The van der Waals surface area contributed by atoms with E-state index in [9.17, 15) is 13.2 Å². The first-order chi connectivity index (χ1) is 10.6. The van der Waals surface area contributed by atoms with Crippen LogP contribution < -0.4 is 5.73 Å². The summed E-state index contributed by atoms with van der Waals surface area (Å²) in [5, 5.41) is 0. The van der Waals surface area contributed by atoms with E-state index in [0.717, 1.165) is 11.6 Å². The Morgan fingerprint density at radius 2 is 1.77 bits per heavy atom. The zero-order valence-corrected chi connectivity index (χ0v) is 11.4. The van der Waals surface area contributed by atoms with Crippen LogP contribution >= 0.6 is 0 Å². The number of benzene rings is 2. The molecule has 0 unspecified atom stereocenters. The van der Waals surface area contributed by atoms with E-state index in [0.29, 0.717) is 12.2 Å². The number of nitrogens with zero attached hydrogens (tertiary/aromatic N) is 2. The molecule has 3 rings (SSSR count). The van der Waals surface area contributed by atoms with Crippen LogP contribution in [0.15, 0.2) is 48.8 Å². The van der Waals surface area contributed by atoms with Crippen molar-refractivity contribution in [1.29, 1.82) is 0 Å². The number of anilines is 1. The Kier molecular flexibility index (Phi) is 3.58. The van der Waals surface area contributed by atoms with Crippen LogP contribution in [0.4, 0.5) is 18.9 Å². The summed E-state index contributed by atoms with van der Waals surface area (Å²) in [6.07, 6.45) is 3.09. The number of nitrogen functional groups attached to an aromatic ring is 1. The van der Waals surface area contributed by atoms with Gasteiger partial charge in [-0.2, -0.15) is 0 Å². The molecule has 6 heteroatoms. The van der Waals surface area contributed by atoms with Crippen molar-refractivity contribution < 1.29 is 13.2 Å². The third-order valence-electron chi connectivity index (χ3n) is 3.39. The van der Waals surface area contributed by atoms with Gasteiger partial charge in [0.15, 0.2) is 17.5 Å². The highest BCUT2D eigenvalue weighted by molar-refractivity contribution is 5.57. The molecule has 1 aromatic heterocycles. The van der Waals surface area contributed by atoms with E-state index >= 15 is 0 Å². The molecule has 0 aliphatic carbocycles. The van der Waals surface area contributed by atoms with Gasteiger partial charge in [-0.15, -0.1) is 0 Å². The second-order valence-electron chi connectivity index (χ2n) is 4.80. The average Bonchev–Trinajstić information content (AvgIpc) is 2.95. The van der Waals surface area contributed by atoms with Gasteiger partial charge in [0.2, 0.25) is 0 Å². The lowest BCUT2D eigenvalue weighted by atomic mass is 10.1. The number of hydrogen-bond acceptors (Lipinski definition) is 2. The van der Waals surface area contributed by atoms with Crippen LogP contribution in [0.25, 0.3) is 11.4 Å². The zero-order chi connectivity index (χ0) is 15.7. The van der Waals surface area contributed by atoms with E-state index in [-0.39, 0.29) is 11.4 Å². The maximum Gasteiger partial charge on any atom is 0.195 e. The largest absolute Gasteiger partial charge is 0.398 e. The van der Waals surface area contributed by atoms with E-state index in [1.54, 1.807) is 16.8 Å². The number of rotatable bonds is 3. The fourth-order valence-corrected chi connectivity index (χ4v) is 2.24. The lowest BCUT2D eigenvalue weighted by Crippen LogP contribution is -2.05. The minimum atomic E-state index is -1.51. The van der Waals surface area contributed by atoms with Crippen molar-refractivity contribution in [2.75, 3.05) is 5.73 Å². The molecule has 3 nitrogen and oxygen atoms in total. The topological polar surface area (TPSA) is 43.8 Å². The summed E-state index contributed by atoms with van der Waals surface area (Å²) in [5.74, 6) is -3.79. The van der Waals surface area contributed by atoms with Crippen molar-refractivity contribution in [3.63, 3.8) is 0 Å². The highest BCUT2D eigenvalue weighted by Gasteiger charge is 2.18. The Balaban J connectivity index is 2.03. The fourth-order valence-electron chi connectivity index (χ4n) is 2.24. The van der Waals surface area contributed by atoms with Crippen molar-refractivity contribution in [3.05, 3.63) is 71.8 Å². The van der Waals surface area contributed by atoms with Gasteiger partial charge in [-0.3, -0.25) is 0 Å². The third kappa shape index (κ3) is 2.43. The Labute approximate surface area is 124 Å². The SMILES string of the molecule is Nc1ccccc1Cn1ccnc1-c1ccc(F)c(F)c1F. The van der Waals surface area contributed by atoms with Crippen molar-refractivity contribution in [2.24, 2.45) is 0 Å². The van der Waals surface area contributed by atoms with Crippen molar-refractivity contribution in [3.8, 4) is 11.4 Å². The van der Waals surface area contributed by atoms with Crippen LogP contribution in [0, 0.1) is 17.5 Å². The number of halogens is 3. The van der Waals surface area contributed by atoms with Crippen LogP contribution in [-0.2, 0) is 6.54 Å². The second-order valence-corrected chi connectivity index (χ2v) is 4.80. The zero-order valence-electron chi connectivity index (χ0n) is 11.4. The highest BCUT2D eigenvalue weighted by Crippen LogP contribution is 2.25. The molecule has 112 valence electrons. The summed E-state index contributed by atoms with van der Waals surface area (Å²) in [6.45, 7) is 0.348. The molecule has 0 saturated heterocycles. The molecule has 2 N–H and O–H groups in total. The molecule has 0 radical (unpaired) electrons. The second kappa shape index (κ2) is 5.55. The van der Waals surface area contributed by atoms with Gasteiger partial charge >= 0.3 is 0 Å². The van der Waals surface area contributed by atoms with Gasteiger partial charge < -0.3 is 10.3 Å². The average molecular weight is 303 g/mol. The summed E-state index contributed by atoms with van der Waals surface area (Å²) in [5.41, 5.74) is 7.20. The minimum Gasteiger partial charge on any atom is -0.398 e. The van der Waals surface area contributed by atoms with Gasteiger partial charge in [0.05, 0.1) is 12.1 Å². The Morgan fingerprint density at radius 1 is 1.00 bits per heavy atom. The van der Waals surface area contributed by atoms with Gasteiger partial charge in [-0.1, -0.05) is 18.2 Å². The Morgan fingerprint density at radius 3 is 2.55 bits per heavy atom. The van der Waals surface area contributed by atoms with Crippen LogP contribution in [-0.4, -0.2) is 9.55 Å².